The molecular formula is C17H35N. The Bertz CT molecular complexity index is 192. The van der Waals surface area contributed by atoms with E-state index < -0.39 is 0 Å². The average molecular weight is 253 g/mol. The van der Waals surface area contributed by atoms with Gasteiger partial charge >= 0.3 is 0 Å². The third kappa shape index (κ3) is 5.73. The molecule has 0 heterocycles. The van der Waals surface area contributed by atoms with Crippen molar-refractivity contribution in [3.63, 3.8) is 0 Å². The maximum absolute atomic E-state index is 3.83. The van der Waals surface area contributed by atoms with Crippen LogP contribution in [0.15, 0.2) is 0 Å². The summed E-state index contributed by atoms with van der Waals surface area (Å²) < 4.78 is 0. The molecule has 0 saturated heterocycles. The van der Waals surface area contributed by atoms with Crippen molar-refractivity contribution in [1.29, 1.82) is 0 Å². The number of nitrogens with one attached hydrogen (secondary N) is 1. The van der Waals surface area contributed by atoms with Crippen LogP contribution in [0.3, 0.4) is 0 Å². The molecule has 0 amide bonds. The number of hydrogen-bond donors (Lipinski definition) is 1. The van der Waals surface area contributed by atoms with Crippen molar-refractivity contribution >= 4 is 0 Å². The molecule has 1 aliphatic rings. The highest BCUT2D eigenvalue weighted by Crippen LogP contribution is 2.33. The number of rotatable bonds is 8. The molecule has 1 nitrogen and oxygen atoms in total. The highest BCUT2D eigenvalue weighted by atomic mass is 14.9. The predicted octanol–water partition coefficient (Wildman–Crippen LogP) is 5.01. The summed E-state index contributed by atoms with van der Waals surface area (Å²) >= 11 is 0. The van der Waals surface area contributed by atoms with Crippen molar-refractivity contribution < 1.29 is 0 Å². The van der Waals surface area contributed by atoms with Crippen LogP contribution in [-0.4, -0.2) is 12.6 Å². The lowest BCUT2D eigenvalue weighted by molar-refractivity contribution is 0.206. The van der Waals surface area contributed by atoms with Crippen molar-refractivity contribution in [3.8, 4) is 0 Å². The second kappa shape index (κ2) is 8.96. The van der Waals surface area contributed by atoms with Crippen molar-refractivity contribution in [1.82, 2.24) is 5.32 Å². The topological polar surface area (TPSA) is 12.0 Å². The lowest BCUT2D eigenvalue weighted by Gasteiger charge is -2.34. The molecule has 1 rings (SSSR count). The summed E-state index contributed by atoms with van der Waals surface area (Å²) in [5.41, 5.74) is 0. The third-order valence-electron chi connectivity index (χ3n) is 4.75. The highest BCUT2D eigenvalue weighted by Gasteiger charge is 2.26. The fraction of sp³-hybridized carbons (Fsp3) is 1.00. The molecule has 1 aliphatic carbocycles. The molecule has 108 valence electrons. The normalized spacial score (nSPS) is 26.5. The first kappa shape index (κ1) is 16.0. The first-order valence-electron chi connectivity index (χ1n) is 8.40. The van der Waals surface area contributed by atoms with Crippen LogP contribution >= 0.6 is 0 Å². The van der Waals surface area contributed by atoms with Gasteiger partial charge in [0.05, 0.1) is 0 Å². The summed E-state index contributed by atoms with van der Waals surface area (Å²) in [6.45, 7) is 10.5. The van der Waals surface area contributed by atoms with Gasteiger partial charge in [0.1, 0.15) is 0 Å². The van der Waals surface area contributed by atoms with E-state index in [0.29, 0.717) is 0 Å². The smallest absolute Gasteiger partial charge is 0.00954 e. The summed E-state index contributed by atoms with van der Waals surface area (Å²) in [7, 11) is 0. The highest BCUT2D eigenvalue weighted by molar-refractivity contribution is 4.82. The summed E-state index contributed by atoms with van der Waals surface area (Å²) in [6, 6.07) is 0.796. The zero-order chi connectivity index (χ0) is 13.4. The summed E-state index contributed by atoms with van der Waals surface area (Å²) in [4.78, 5) is 0. The summed E-state index contributed by atoms with van der Waals surface area (Å²) in [5.74, 6) is 2.83. The van der Waals surface area contributed by atoms with E-state index in [4.69, 9.17) is 0 Å². The average Bonchev–Trinajstić information content (AvgIpc) is 2.39. The molecule has 1 fully saturated rings. The zero-order valence-corrected chi connectivity index (χ0v) is 13.2. The van der Waals surface area contributed by atoms with Gasteiger partial charge in [0.25, 0.3) is 0 Å². The fourth-order valence-corrected chi connectivity index (χ4v) is 3.35. The minimum absolute atomic E-state index is 0.796. The second-order valence-electron chi connectivity index (χ2n) is 6.72. The SMILES string of the molecule is CCCNC(CCC(C)C)C1CCC(CC)CC1. The Balaban J connectivity index is 2.38. The van der Waals surface area contributed by atoms with Crippen molar-refractivity contribution in [2.75, 3.05) is 6.54 Å². The molecule has 0 aliphatic heterocycles. The van der Waals surface area contributed by atoms with Gasteiger partial charge in [0, 0.05) is 6.04 Å². The van der Waals surface area contributed by atoms with E-state index in [1.54, 1.807) is 0 Å². The van der Waals surface area contributed by atoms with E-state index in [1.807, 2.05) is 0 Å². The van der Waals surface area contributed by atoms with Crippen LogP contribution in [0.1, 0.15) is 79.1 Å². The fourth-order valence-electron chi connectivity index (χ4n) is 3.35. The van der Waals surface area contributed by atoms with Gasteiger partial charge in [-0.1, -0.05) is 47.0 Å². The monoisotopic (exact) mass is 253 g/mol. The van der Waals surface area contributed by atoms with E-state index in [0.717, 1.165) is 23.8 Å². The molecule has 0 bridgehead atoms. The van der Waals surface area contributed by atoms with Crippen molar-refractivity contribution in [2.24, 2.45) is 17.8 Å². The first-order valence-corrected chi connectivity index (χ1v) is 8.40. The quantitative estimate of drug-likeness (QED) is 0.641. The summed E-state index contributed by atoms with van der Waals surface area (Å²) in [5, 5.41) is 3.83. The van der Waals surface area contributed by atoms with E-state index in [1.165, 1.54) is 57.9 Å². The molecule has 0 spiro atoms. The Labute approximate surface area is 115 Å². The van der Waals surface area contributed by atoms with Crippen LogP contribution in [0.4, 0.5) is 0 Å². The third-order valence-corrected chi connectivity index (χ3v) is 4.75. The molecule has 1 atom stereocenters. The van der Waals surface area contributed by atoms with Crippen molar-refractivity contribution in [3.05, 3.63) is 0 Å². The largest absolute Gasteiger partial charge is 0.314 e. The van der Waals surface area contributed by atoms with Gasteiger partial charge < -0.3 is 5.32 Å². The van der Waals surface area contributed by atoms with E-state index >= 15 is 0 Å². The first-order chi connectivity index (χ1) is 8.67. The standard InChI is InChI=1S/C17H35N/c1-5-13-18-17(12-7-14(3)4)16-10-8-15(6-2)9-11-16/h14-18H,5-13H2,1-4H3. The molecule has 1 unspecified atom stereocenters. The van der Waals surface area contributed by atoms with Gasteiger partial charge in [0.15, 0.2) is 0 Å². The Morgan fingerprint density at radius 1 is 1.00 bits per heavy atom. The second-order valence-corrected chi connectivity index (χ2v) is 6.72. The van der Waals surface area contributed by atoms with Gasteiger partial charge in [-0.15, -0.1) is 0 Å². The zero-order valence-electron chi connectivity index (χ0n) is 13.2. The minimum Gasteiger partial charge on any atom is -0.314 e. The molecule has 0 radical (unpaired) electrons. The Morgan fingerprint density at radius 2 is 1.67 bits per heavy atom. The predicted molar refractivity (Wildman–Crippen MR) is 81.9 cm³/mol. The lowest BCUT2D eigenvalue weighted by atomic mass is 9.76. The molecule has 0 aromatic heterocycles. The van der Waals surface area contributed by atoms with Crippen molar-refractivity contribution in [2.45, 2.75) is 85.1 Å². The van der Waals surface area contributed by atoms with Crippen LogP contribution in [-0.2, 0) is 0 Å². The van der Waals surface area contributed by atoms with Crippen LogP contribution in [0.5, 0.6) is 0 Å². The van der Waals surface area contributed by atoms with E-state index in [9.17, 15) is 0 Å². The van der Waals surface area contributed by atoms with Crippen LogP contribution in [0.2, 0.25) is 0 Å². The van der Waals surface area contributed by atoms with Crippen LogP contribution in [0.25, 0.3) is 0 Å². The van der Waals surface area contributed by atoms with E-state index in [-0.39, 0.29) is 0 Å². The Kier molecular flexibility index (Phi) is 7.97. The van der Waals surface area contributed by atoms with Gasteiger partial charge in [-0.25, -0.2) is 0 Å². The molecule has 0 aromatic carbocycles. The van der Waals surface area contributed by atoms with Gasteiger partial charge in [-0.2, -0.15) is 0 Å². The van der Waals surface area contributed by atoms with Gasteiger partial charge in [0.2, 0.25) is 0 Å². The molecule has 1 heteroatoms. The Hall–Kier alpha value is -0.0400. The molecule has 1 N–H and O–H groups in total. The van der Waals surface area contributed by atoms with Crippen LogP contribution < -0.4 is 5.32 Å². The molecule has 1 saturated carbocycles. The van der Waals surface area contributed by atoms with Gasteiger partial charge in [-0.05, 0) is 56.4 Å². The lowest BCUT2D eigenvalue weighted by Crippen LogP contribution is -2.38. The maximum atomic E-state index is 3.83. The van der Waals surface area contributed by atoms with Crippen LogP contribution in [0, 0.1) is 17.8 Å². The molecule has 0 aromatic rings. The Morgan fingerprint density at radius 3 is 2.17 bits per heavy atom. The van der Waals surface area contributed by atoms with Gasteiger partial charge in [-0.3, -0.25) is 0 Å². The maximum Gasteiger partial charge on any atom is 0.00954 e. The summed E-state index contributed by atoms with van der Waals surface area (Å²) in [6.07, 6.45) is 11.3. The van der Waals surface area contributed by atoms with E-state index in [2.05, 4.69) is 33.0 Å². The minimum atomic E-state index is 0.796. The molecular weight excluding hydrogens is 218 g/mol. The molecule has 18 heavy (non-hydrogen) atoms. The number of hydrogen-bond acceptors (Lipinski definition) is 1.